The van der Waals surface area contributed by atoms with Crippen molar-refractivity contribution in [1.82, 2.24) is 0 Å². The third kappa shape index (κ3) is 2.43. The van der Waals surface area contributed by atoms with Crippen molar-refractivity contribution in [2.24, 2.45) is 0 Å². The van der Waals surface area contributed by atoms with Crippen LogP contribution in [0.3, 0.4) is 0 Å². The lowest BCUT2D eigenvalue weighted by Crippen LogP contribution is -1.49. The Morgan fingerprint density at radius 2 is 1.46 bits per heavy atom. The highest BCUT2D eigenvalue weighted by molar-refractivity contribution is 9.10. The summed E-state index contributed by atoms with van der Waals surface area (Å²) in [5.41, 5.74) is 2.79. The van der Waals surface area contributed by atoms with Crippen LogP contribution in [0.2, 0.25) is 0 Å². The minimum absolute atomic E-state index is 1.21. The SMILES string of the molecule is Brc1cc2cc-2c1.[c]1ccccc1. The van der Waals surface area contributed by atoms with E-state index < -0.39 is 0 Å². The first-order valence-electron chi connectivity index (χ1n) is 4.08. The van der Waals surface area contributed by atoms with Crippen molar-refractivity contribution in [2.75, 3.05) is 0 Å². The second-order valence-corrected chi connectivity index (χ2v) is 3.72. The lowest BCUT2D eigenvalue weighted by Gasteiger charge is -1.68. The highest BCUT2D eigenvalue weighted by Crippen LogP contribution is 2.38. The lowest BCUT2D eigenvalue weighted by molar-refractivity contribution is 1.70. The van der Waals surface area contributed by atoms with Gasteiger partial charge in [-0.05, 0) is 35.4 Å². The number of hydrogen-bond donors (Lipinski definition) is 0. The molecular weight excluding hydrogens is 224 g/mol. The van der Waals surface area contributed by atoms with Crippen molar-refractivity contribution in [3.05, 3.63) is 59.1 Å². The van der Waals surface area contributed by atoms with Gasteiger partial charge < -0.3 is 0 Å². The molecule has 0 atom stereocenters. The largest absolute Gasteiger partial charge is 0.0622 e. The first kappa shape index (κ1) is 8.52. The molecule has 0 spiro atoms. The van der Waals surface area contributed by atoms with E-state index in [1.165, 1.54) is 15.6 Å². The predicted molar refractivity (Wildman–Crippen MR) is 58.4 cm³/mol. The van der Waals surface area contributed by atoms with Crippen LogP contribution in [-0.2, 0) is 0 Å². The highest BCUT2D eigenvalue weighted by Gasteiger charge is 2.11. The fraction of sp³-hybridized carbons (Fsp3) is 0. The maximum atomic E-state index is 3.35. The number of rotatable bonds is 0. The van der Waals surface area contributed by atoms with E-state index >= 15 is 0 Å². The Labute approximate surface area is 86.4 Å². The van der Waals surface area contributed by atoms with E-state index in [4.69, 9.17) is 0 Å². The quantitative estimate of drug-likeness (QED) is 0.551. The van der Waals surface area contributed by atoms with E-state index in [0.717, 1.165) is 0 Å². The van der Waals surface area contributed by atoms with E-state index in [2.05, 4.69) is 40.2 Å². The molecule has 1 heteroatoms. The van der Waals surface area contributed by atoms with Crippen LogP contribution in [0.5, 0.6) is 0 Å². The Hall–Kier alpha value is -1.08. The van der Waals surface area contributed by atoms with Crippen molar-refractivity contribution in [2.45, 2.75) is 0 Å². The Morgan fingerprint density at radius 1 is 0.846 bits per heavy atom. The molecule has 0 aliphatic heterocycles. The van der Waals surface area contributed by atoms with Gasteiger partial charge in [-0.3, -0.25) is 0 Å². The van der Waals surface area contributed by atoms with Crippen molar-refractivity contribution < 1.29 is 0 Å². The molecule has 0 unspecified atom stereocenters. The molecular formula is C12H8Br. The molecule has 0 N–H and O–H groups in total. The van der Waals surface area contributed by atoms with Crippen LogP contribution in [0, 0.1) is 6.07 Å². The molecule has 3 rings (SSSR count). The summed E-state index contributed by atoms with van der Waals surface area (Å²) in [7, 11) is 0. The number of hydrogen-bond acceptors (Lipinski definition) is 0. The maximum absolute atomic E-state index is 3.35. The van der Waals surface area contributed by atoms with Gasteiger partial charge in [0.2, 0.25) is 0 Å². The summed E-state index contributed by atoms with van der Waals surface area (Å²) in [6.07, 6.45) is 0. The monoisotopic (exact) mass is 231 g/mol. The predicted octanol–water partition coefficient (Wildman–Crippen LogP) is 3.92. The molecule has 0 nitrogen and oxygen atoms in total. The van der Waals surface area contributed by atoms with Crippen molar-refractivity contribution >= 4 is 15.9 Å². The van der Waals surface area contributed by atoms with Gasteiger partial charge in [0.1, 0.15) is 0 Å². The van der Waals surface area contributed by atoms with Gasteiger partial charge in [-0.1, -0.05) is 46.3 Å². The topological polar surface area (TPSA) is 0 Å². The molecule has 0 amide bonds. The van der Waals surface area contributed by atoms with Gasteiger partial charge in [0.05, 0.1) is 0 Å². The van der Waals surface area contributed by atoms with E-state index in [9.17, 15) is 0 Å². The summed E-state index contributed by atoms with van der Waals surface area (Å²) in [6, 6.07) is 18.9. The molecule has 1 aromatic carbocycles. The van der Waals surface area contributed by atoms with Crippen LogP contribution in [0.4, 0.5) is 0 Å². The van der Waals surface area contributed by atoms with Crippen LogP contribution in [0.1, 0.15) is 0 Å². The minimum atomic E-state index is 1.21. The molecule has 2 aliphatic rings. The lowest BCUT2D eigenvalue weighted by atomic mass is 10.4. The smallest absolute Gasteiger partial charge is 0.0187 e. The van der Waals surface area contributed by atoms with Crippen molar-refractivity contribution in [1.29, 1.82) is 0 Å². The summed E-state index contributed by atoms with van der Waals surface area (Å²) in [5.74, 6) is 0. The van der Waals surface area contributed by atoms with E-state index in [1.807, 2.05) is 30.3 Å². The second-order valence-electron chi connectivity index (χ2n) is 2.81. The van der Waals surface area contributed by atoms with Crippen molar-refractivity contribution in [3.63, 3.8) is 0 Å². The molecule has 0 fully saturated rings. The van der Waals surface area contributed by atoms with Gasteiger partial charge in [-0.2, -0.15) is 0 Å². The number of halogens is 1. The first-order chi connectivity index (χ1) is 6.36. The fourth-order valence-corrected chi connectivity index (χ4v) is 1.56. The Balaban J connectivity index is 0.000000102. The van der Waals surface area contributed by atoms with Gasteiger partial charge in [-0.15, -0.1) is 0 Å². The molecule has 1 radical (unpaired) electrons. The average molecular weight is 232 g/mol. The number of fused-ring (bicyclic) bond motifs is 1. The molecule has 2 aliphatic carbocycles. The second kappa shape index (κ2) is 3.75. The first-order valence-corrected chi connectivity index (χ1v) is 4.87. The van der Waals surface area contributed by atoms with Gasteiger partial charge in [-0.25, -0.2) is 0 Å². The van der Waals surface area contributed by atoms with Gasteiger partial charge in [0, 0.05) is 4.47 Å². The summed E-state index contributed by atoms with van der Waals surface area (Å²) in [4.78, 5) is 0. The summed E-state index contributed by atoms with van der Waals surface area (Å²) in [5, 5.41) is 0. The molecule has 0 aromatic heterocycles. The summed E-state index contributed by atoms with van der Waals surface area (Å²) < 4.78 is 1.21. The van der Waals surface area contributed by atoms with Crippen LogP contribution < -0.4 is 0 Å². The van der Waals surface area contributed by atoms with E-state index in [1.54, 1.807) is 0 Å². The number of benzene rings is 2. The fourth-order valence-electron chi connectivity index (χ4n) is 1.06. The average Bonchev–Trinajstić information content (AvgIpc) is 2.78. The molecule has 1 aromatic rings. The van der Waals surface area contributed by atoms with Gasteiger partial charge in [0.25, 0.3) is 0 Å². The highest BCUT2D eigenvalue weighted by atomic mass is 79.9. The van der Waals surface area contributed by atoms with Gasteiger partial charge in [0.15, 0.2) is 0 Å². The zero-order chi connectivity index (χ0) is 9.10. The van der Waals surface area contributed by atoms with Crippen LogP contribution >= 0.6 is 15.9 Å². The third-order valence-corrected chi connectivity index (χ3v) is 2.21. The summed E-state index contributed by atoms with van der Waals surface area (Å²) in [6.45, 7) is 0. The zero-order valence-corrected chi connectivity index (χ0v) is 8.58. The zero-order valence-electron chi connectivity index (χ0n) is 7.00. The van der Waals surface area contributed by atoms with Crippen LogP contribution in [-0.4, -0.2) is 0 Å². The van der Waals surface area contributed by atoms with E-state index in [0.29, 0.717) is 0 Å². The minimum Gasteiger partial charge on any atom is -0.0622 e. The van der Waals surface area contributed by atoms with Crippen LogP contribution in [0.15, 0.2) is 53.0 Å². The maximum Gasteiger partial charge on any atom is 0.0187 e. The molecule has 63 valence electrons. The Morgan fingerprint density at radius 3 is 1.69 bits per heavy atom. The van der Waals surface area contributed by atoms with Crippen molar-refractivity contribution in [3.8, 4) is 11.1 Å². The summed E-state index contributed by atoms with van der Waals surface area (Å²) >= 11 is 3.35. The Bertz CT molecular complexity index is 346. The molecule has 13 heavy (non-hydrogen) atoms. The molecule has 0 saturated heterocycles. The third-order valence-electron chi connectivity index (χ3n) is 1.75. The Kier molecular flexibility index (Phi) is 2.46. The standard InChI is InChI=1S/C6H3Br.C6H5/c7-6-2-4-1-5(4)3-6;1-2-4-6-5-3-1/h1-3H;1-5H. The molecule has 0 heterocycles. The van der Waals surface area contributed by atoms with E-state index in [-0.39, 0.29) is 0 Å². The molecule has 0 saturated carbocycles. The molecule has 0 bridgehead atoms. The van der Waals surface area contributed by atoms with Gasteiger partial charge >= 0.3 is 0 Å². The normalized spacial score (nSPS) is 9.92. The van der Waals surface area contributed by atoms with Crippen LogP contribution in [0.25, 0.3) is 11.1 Å².